The number of carbonyl (C=O) groups is 2. The minimum atomic E-state index is -0.313. The minimum Gasteiger partial charge on any atom is -0.343 e. The molecular formula is C17H28N2O2. The monoisotopic (exact) mass is 292 g/mol. The van der Waals surface area contributed by atoms with Crippen LogP contribution in [0.15, 0.2) is 0 Å². The van der Waals surface area contributed by atoms with Crippen molar-refractivity contribution in [1.29, 1.82) is 0 Å². The van der Waals surface area contributed by atoms with Gasteiger partial charge >= 0.3 is 0 Å². The molecule has 4 heteroatoms. The predicted molar refractivity (Wildman–Crippen MR) is 81.5 cm³/mol. The second-order valence-corrected chi connectivity index (χ2v) is 7.49. The standard InChI is InChI=1S/C17H28N2O2/c1-4-14-17(21)19(15(10(2)3)16(20)18-14)9-13(11-5-6-11)12-7-8-12/h10-15H,4-9H2,1-3H3,(H,18,20). The molecule has 0 aromatic rings. The molecule has 0 spiro atoms. The van der Waals surface area contributed by atoms with Gasteiger partial charge in [-0.2, -0.15) is 0 Å². The molecule has 3 fully saturated rings. The zero-order chi connectivity index (χ0) is 15.1. The molecule has 2 atom stereocenters. The Balaban J connectivity index is 1.79. The van der Waals surface area contributed by atoms with Gasteiger partial charge in [0, 0.05) is 6.54 Å². The maximum atomic E-state index is 12.7. The summed E-state index contributed by atoms with van der Waals surface area (Å²) in [5, 5.41) is 2.91. The summed E-state index contributed by atoms with van der Waals surface area (Å²) < 4.78 is 0. The van der Waals surface area contributed by atoms with Crippen LogP contribution < -0.4 is 5.32 Å². The summed E-state index contributed by atoms with van der Waals surface area (Å²) in [6.07, 6.45) is 5.96. The van der Waals surface area contributed by atoms with Gasteiger partial charge in [0.05, 0.1) is 0 Å². The second-order valence-electron chi connectivity index (χ2n) is 7.49. The summed E-state index contributed by atoms with van der Waals surface area (Å²) in [6.45, 7) is 6.86. The molecule has 1 aliphatic heterocycles. The topological polar surface area (TPSA) is 49.4 Å². The van der Waals surface area contributed by atoms with Crippen LogP contribution in [0.1, 0.15) is 52.9 Å². The third kappa shape index (κ3) is 2.95. The summed E-state index contributed by atoms with van der Waals surface area (Å²) >= 11 is 0. The summed E-state index contributed by atoms with van der Waals surface area (Å²) in [5.74, 6) is 2.61. The number of hydrogen-bond acceptors (Lipinski definition) is 2. The number of nitrogens with zero attached hydrogens (tertiary/aromatic N) is 1. The van der Waals surface area contributed by atoms with E-state index < -0.39 is 0 Å². The molecule has 1 saturated heterocycles. The van der Waals surface area contributed by atoms with Crippen molar-refractivity contribution in [2.45, 2.75) is 65.0 Å². The van der Waals surface area contributed by atoms with Crippen molar-refractivity contribution >= 4 is 11.8 Å². The first kappa shape index (κ1) is 14.9. The fourth-order valence-corrected chi connectivity index (χ4v) is 3.90. The average Bonchev–Trinajstić information content (AvgIpc) is 3.30. The minimum absolute atomic E-state index is 0.0433. The first-order chi connectivity index (χ1) is 10.0. The molecule has 0 aromatic heterocycles. The fraction of sp³-hybridized carbons (Fsp3) is 0.882. The number of rotatable bonds is 6. The first-order valence-electron chi connectivity index (χ1n) is 8.63. The Kier molecular flexibility index (Phi) is 3.98. The number of carbonyl (C=O) groups excluding carboxylic acids is 2. The summed E-state index contributed by atoms with van der Waals surface area (Å²) in [5.41, 5.74) is 0. The van der Waals surface area contributed by atoms with E-state index in [0.29, 0.717) is 12.3 Å². The number of amides is 2. The lowest BCUT2D eigenvalue weighted by Crippen LogP contribution is -2.65. The van der Waals surface area contributed by atoms with Crippen LogP contribution in [0.5, 0.6) is 0 Å². The van der Waals surface area contributed by atoms with Gasteiger partial charge in [-0.15, -0.1) is 0 Å². The van der Waals surface area contributed by atoms with Gasteiger partial charge in [-0.05, 0) is 55.8 Å². The Hall–Kier alpha value is -1.06. The Bertz CT molecular complexity index is 415. The van der Waals surface area contributed by atoms with E-state index in [4.69, 9.17) is 0 Å². The highest BCUT2D eigenvalue weighted by atomic mass is 16.2. The lowest BCUT2D eigenvalue weighted by molar-refractivity contribution is -0.152. The van der Waals surface area contributed by atoms with Crippen molar-refractivity contribution in [2.75, 3.05) is 6.54 Å². The quantitative estimate of drug-likeness (QED) is 0.816. The Labute approximate surface area is 127 Å². The van der Waals surface area contributed by atoms with E-state index >= 15 is 0 Å². The van der Waals surface area contributed by atoms with Gasteiger partial charge in [0.15, 0.2) is 0 Å². The summed E-state index contributed by atoms with van der Waals surface area (Å²) in [6, 6.07) is -0.591. The second kappa shape index (κ2) is 5.62. The molecule has 2 aliphatic carbocycles. The molecule has 3 aliphatic rings. The third-order valence-corrected chi connectivity index (χ3v) is 5.40. The zero-order valence-electron chi connectivity index (χ0n) is 13.5. The van der Waals surface area contributed by atoms with E-state index in [0.717, 1.165) is 18.4 Å². The van der Waals surface area contributed by atoms with E-state index in [2.05, 4.69) is 5.32 Å². The van der Waals surface area contributed by atoms with Crippen LogP contribution >= 0.6 is 0 Å². The number of piperazine rings is 1. The Morgan fingerprint density at radius 3 is 2.14 bits per heavy atom. The van der Waals surface area contributed by atoms with Crippen molar-refractivity contribution in [3.8, 4) is 0 Å². The lowest BCUT2D eigenvalue weighted by atomic mass is 9.91. The van der Waals surface area contributed by atoms with Crippen molar-refractivity contribution in [3.63, 3.8) is 0 Å². The van der Waals surface area contributed by atoms with Crippen LogP contribution in [0.4, 0.5) is 0 Å². The molecule has 2 unspecified atom stereocenters. The molecule has 0 aromatic carbocycles. The fourth-order valence-electron chi connectivity index (χ4n) is 3.90. The molecule has 4 nitrogen and oxygen atoms in total. The van der Waals surface area contributed by atoms with E-state index in [-0.39, 0.29) is 29.8 Å². The van der Waals surface area contributed by atoms with E-state index in [9.17, 15) is 9.59 Å². The van der Waals surface area contributed by atoms with Gasteiger partial charge in [-0.1, -0.05) is 20.8 Å². The molecule has 1 N–H and O–H groups in total. The highest BCUT2D eigenvalue weighted by Gasteiger charge is 2.47. The first-order valence-corrected chi connectivity index (χ1v) is 8.63. The van der Waals surface area contributed by atoms with Gasteiger partial charge < -0.3 is 10.2 Å². The molecular weight excluding hydrogens is 264 g/mol. The molecule has 1 heterocycles. The Morgan fingerprint density at radius 2 is 1.71 bits per heavy atom. The van der Waals surface area contributed by atoms with Crippen LogP contribution in [-0.2, 0) is 9.59 Å². The van der Waals surface area contributed by atoms with E-state index in [1.54, 1.807) is 0 Å². The van der Waals surface area contributed by atoms with E-state index in [1.165, 1.54) is 25.7 Å². The van der Waals surface area contributed by atoms with Crippen LogP contribution in [0.3, 0.4) is 0 Å². The maximum Gasteiger partial charge on any atom is 0.245 e. The van der Waals surface area contributed by atoms with Gasteiger partial charge in [0.2, 0.25) is 11.8 Å². The smallest absolute Gasteiger partial charge is 0.245 e. The number of nitrogens with one attached hydrogen (secondary N) is 1. The highest BCUT2D eigenvalue weighted by molar-refractivity contribution is 5.97. The third-order valence-electron chi connectivity index (χ3n) is 5.40. The van der Waals surface area contributed by atoms with E-state index in [1.807, 2.05) is 25.7 Å². The van der Waals surface area contributed by atoms with Gasteiger partial charge in [0.1, 0.15) is 12.1 Å². The van der Waals surface area contributed by atoms with Crippen LogP contribution in [0.2, 0.25) is 0 Å². The summed E-state index contributed by atoms with van der Waals surface area (Å²) in [4.78, 5) is 27.1. The van der Waals surface area contributed by atoms with Crippen molar-refractivity contribution < 1.29 is 9.59 Å². The normalized spacial score (nSPS) is 30.2. The molecule has 0 radical (unpaired) electrons. The number of hydrogen-bond donors (Lipinski definition) is 1. The highest BCUT2D eigenvalue weighted by Crippen LogP contribution is 2.49. The lowest BCUT2D eigenvalue weighted by Gasteiger charge is -2.42. The largest absolute Gasteiger partial charge is 0.343 e. The predicted octanol–water partition coefficient (Wildman–Crippen LogP) is 2.18. The maximum absolute atomic E-state index is 12.7. The zero-order valence-corrected chi connectivity index (χ0v) is 13.5. The van der Waals surface area contributed by atoms with Gasteiger partial charge in [-0.25, -0.2) is 0 Å². The van der Waals surface area contributed by atoms with Crippen LogP contribution in [0, 0.1) is 23.7 Å². The molecule has 118 valence electrons. The average molecular weight is 292 g/mol. The van der Waals surface area contributed by atoms with Crippen molar-refractivity contribution in [2.24, 2.45) is 23.7 Å². The summed E-state index contributed by atoms with van der Waals surface area (Å²) in [7, 11) is 0. The SMILES string of the molecule is CCC1NC(=O)C(C(C)C)N(CC(C2CC2)C2CC2)C1=O. The molecule has 2 saturated carbocycles. The van der Waals surface area contributed by atoms with Crippen LogP contribution in [-0.4, -0.2) is 35.3 Å². The van der Waals surface area contributed by atoms with Gasteiger partial charge in [0.25, 0.3) is 0 Å². The van der Waals surface area contributed by atoms with Crippen molar-refractivity contribution in [1.82, 2.24) is 10.2 Å². The van der Waals surface area contributed by atoms with Crippen molar-refractivity contribution in [3.05, 3.63) is 0 Å². The molecule has 3 rings (SSSR count). The molecule has 0 bridgehead atoms. The Morgan fingerprint density at radius 1 is 1.14 bits per heavy atom. The van der Waals surface area contributed by atoms with Gasteiger partial charge in [-0.3, -0.25) is 9.59 Å². The molecule has 2 amide bonds. The molecule has 21 heavy (non-hydrogen) atoms. The van der Waals surface area contributed by atoms with Crippen LogP contribution in [0.25, 0.3) is 0 Å².